The van der Waals surface area contributed by atoms with Crippen molar-refractivity contribution in [1.82, 2.24) is 24.2 Å². The molecule has 2 fully saturated rings. The van der Waals surface area contributed by atoms with Gasteiger partial charge in [-0.15, -0.1) is 0 Å². The van der Waals surface area contributed by atoms with Gasteiger partial charge in [0.05, 0.1) is 35.7 Å². The van der Waals surface area contributed by atoms with E-state index in [9.17, 15) is 14.7 Å². The van der Waals surface area contributed by atoms with Gasteiger partial charge in [0.15, 0.2) is 5.65 Å². The van der Waals surface area contributed by atoms with Crippen LogP contribution in [0, 0.1) is 17.2 Å². The molecule has 0 unspecified atom stereocenters. The lowest BCUT2D eigenvalue weighted by Gasteiger charge is -2.38. The molecule has 3 heterocycles. The summed E-state index contributed by atoms with van der Waals surface area (Å²) in [5.41, 5.74) is 2.39. The van der Waals surface area contributed by atoms with Gasteiger partial charge in [-0.2, -0.15) is 10.4 Å². The summed E-state index contributed by atoms with van der Waals surface area (Å²) in [5, 5.41) is 25.0. The Morgan fingerprint density at radius 1 is 1.11 bits per heavy atom. The van der Waals surface area contributed by atoms with Crippen LogP contribution in [-0.4, -0.2) is 53.9 Å². The van der Waals surface area contributed by atoms with Gasteiger partial charge in [-0.3, -0.25) is 14.2 Å². The van der Waals surface area contributed by atoms with Gasteiger partial charge in [0.2, 0.25) is 5.91 Å². The van der Waals surface area contributed by atoms with Crippen molar-refractivity contribution in [3.63, 3.8) is 0 Å². The number of fused-ring (bicyclic) bond motifs is 1. The molecule has 9 nitrogen and oxygen atoms in total. The van der Waals surface area contributed by atoms with E-state index in [0.29, 0.717) is 42.5 Å². The Morgan fingerprint density at radius 2 is 1.86 bits per heavy atom. The molecule has 0 spiro atoms. The number of amides is 1. The number of aromatic nitrogens is 4. The number of piperidine rings is 1. The SMILES string of the molecule is N#Cc1ccc(-c2cccc(-n3ncc4c(=O)n(CC5(O)CCN(C(=O)C6CC6)CC5)cnc43)c2)cc1. The number of nitriles is 1. The number of aliphatic hydroxyl groups is 1. The largest absolute Gasteiger partial charge is 0.388 e. The molecular formula is C28H26N6O3. The maximum Gasteiger partial charge on any atom is 0.264 e. The molecule has 2 aromatic carbocycles. The fraction of sp³-hybridized carbons (Fsp3) is 0.321. The summed E-state index contributed by atoms with van der Waals surface area (Å²) in [5.74, 6) is 0.361. The lowest BCUT2D eigenvalue weighted by Crippen LogP contribution is -2.50. The summed E-state index contributed by atoms with van der Waals surface area (Å²) in [6.45, 7) is 1.13. The van der Waals surface area contributed by atoms with Crippen LogP contribution in [0.5, 0.6) is 0 Å². The third kappa shape index (κ3) is 4.41. The summed E-state index contributed by atoms with van der Waals surface area (Å²) >= 11 is 0. The number of rotatable bonds is 5. The van der Waals surface area contributed by atoms with Crippen molar-refractivity contribution in [2.75, 3.05) is 13.1 Å². The third-order valence-electron chi connectivity index (χ3n) is 7.39. The van der Waals surface area contributed by atoms with Crippen molar-refractivity contribution in [3.05, 3.63) is 77.0 Å². The fourth-order valence-corrected chi connectivity index (χ4v) is 5.01. The Balaban J connectivity index is 1.24. The van der Waals surface area contributed by atoms with E-state index in [1.165, 1.54) is 17.1 Å². The van der Waals surface area contributed by atoms with Crippen LogP contribution in [-0.2, 0) is 11.3 Å². The van der Waals surface area contributed by atoms with Gasteiger partial charge < -0.3 is 10.0 Å². The molecule has 1 aliphatic carbocycles. The lowest BCUT2D eigenvalue weighted by molar-refractivity contribution is -0.137. The molecule has 2 aromatic heterocycles. The summed E-state index contributed by atoms with van der Waals surface area (Å²) in [4.78, 5) is 32.0. The zero-order chi connectivity index (χ0) is 25.6. The van der Waals surface area contributed by atoms with E-state index in [2.05, 4.69) is 16.2 Å². The van der Waals surface area contributed by atoms with Crippen molar-refractivity contribution >= 4 is 16.9 Å². The van der Waals surface area contributed by atoms with Gasteiger partial charge in [-0.05, 0) is 61.1 Å². The van der Waals surface area contributed by atoms with Crippen LogP contribution in [0.1, 0.15) is 31.2 Å². The molecule has 186 valence electrons. The molecule has 1 saturated carbocycles. The monoisotopic (exact) mass is 494 g/mol. The minimum absolute atomic E-state index is 0.125. The molecule has 0 radical (unpaired) electrons. The van der Waals surface area contributed by atoms with E-state index in [4.69, 9.17) is 5.26 Å². The lowest BCUT2D eigenvalue weighted by atomic mass is 9.91. The number of nitrogens with zero attached hydrogens (tertiary/aromatic N) is 6. The van der Waals surface area contributed by atoms with Crippen LogP contribution in [0.15, 0.2) is 65.8 Å². The van der Waals surface area contributed by atoms with Gasteiger partial charge in [-0.25, -0.2) is 9.67 Å². The van der Waals surface area contributed by atoms with E-state index < -0.39 is 5.60 Å². The van der Waals surface area contributed by atoms with Crippen LogP contribution in [0.25, 0.3) is 27.8 Å². The minimum atomic E-state index is -1.06. The molecular weight excluding hydrogens is 468 g/mol. The van der Waals surface area contributed by atoms with E-state index in [1.807, 2.05) is 41.3 Å². The zero-order valence-electron chi connectivity index (χ0n) is 20.2. The first-order chi connectivity index (χ1) is 17.9. The van der Waals surface area contributed by atoms with E-state index >= 15 is 0 Å². The third-order valence-corrected chi connectivity index (χ3v) is 7.39. The second-order valence-electron chi connectivity index (χ2n) is 10.0. The summed E-state index contributed by atoms with van der Waals surface area (Å²) in [7, 11) is 0. The standard InChI is InChI=1S/C28H26N6O3/c29-15-19-4-6-20(7-5-19)22-2-1-3-23(14-22)34-25-24(16-31-34)27(36)33(18-30-25)17-28(37)10-12-32(13-11-28)26(35)21-8-9-21/h1-7,14,16,18,21,37H,8-13,17H2. The summed E-state index contributed by atoms with van der Waals surface area (Å²) in [6.07, 6.45) is 5.76. The Kier molecular flexibility index (Phi) is 5.61. The van der Waals surface area contributed by atoms with Gasteiger partial charge in [0.25, 0.3) is 5.56 Å². The predicted molar refractivity (Wildman–Crippen MR) is 137 cm³/mol. The van der Waals surface area contributed by atoms with Crippen molar-refractivity contribution in [2.45, 2.75) is 37.8 Å². The molecule has 6 rings (SSSR count). The molecule has 37 heavy (non-hydrogen) atoms. The summed E-state index contributed by atoms with van der Waals surface area (Å²) < 4.78 is 3.07. The molecule has 2 aliphatic rings. The minimum Gasteiger partial charge on any atom is -0.388 e. The van der Waals surface area contributed by atoms with Crippen molar-refractivity contribution in [1.29, 1.82) is 5.26 Å². The molecule has 1 N–H and O–H groups in total. The predicted octanol–water partition coefficient (Wildman–Crippen LogP) is 2.88. The molecule has 0 bridgehead atoms. The van der Waals surface area contributed by atoms with Crippen LogP contribution in [0.2, 0.25) is 0 Å². The maximum atomic E-state index is 13.3. The molecule has 0 atom stereocenters. The van der Waals surface area contributed by atoms with Crippen LogP contribution < -0.4 is 5.56 Å². The van der Waals surface area contributed by atoms with E-state index in [1.54, 1.807) is 16.8 Å². The molecule has 9 heteroatoms. The molecule has 1 aliphatic heterocycles. The van der Waals surface area contributed by atoms with Crippen molar-refractivity contribution in [2.24, 2.45) is 5.92 Å². The molecule has 1 amide bonds. The molecule has 1 saturated heterocycles. The average Bonchev–Trinajstić information content (AvgIpc) is 3.69. The second kappa shape index (κ2) is 8.98. The Labute approximate surface area is 213 Å². The first kappa shape index (κ1) is 23.1. The Hall–Kier alpha value is -4.29. The highest BCUT2D eigenvalue weighted by atomic mass is 16.3. The highest BCUT2D eigenvalue weighted by molar-refractivity contribution is 5.81. The van der Waals surface area contributed by atoms with Crippen molar-refractivity contribution in [3.8, 4) is 22.9 Å². The van der Waals surface area contributed by atoms with Gasteiger partial charge in [-0.1, -0.05) is 24.3 Å². The highest BCUT2D eigenvalue weighted by Gasteiger charge is 2.39. The Bertz CT molecular complexity index is 1580. The van der Waals surface area contributed by atoms with Crippen molar-refractivity contribution < 1.29 is 9.90 Å². The normalized spacial score (nSPS) is 17.0. The van der Waals surface area contributed by atoms with Gasteiger partial charge in [0.1, 0.15) is 11.7 Å². The highest BCUT2D eigenvalue weighted by Crippen LogP contribution is 2.33. The Morgan fingerprint density at radius 3 is 2.57 bits per heavy atom. The van der Waals surface area contributed by atoms with Gasteiger partial charge in [0, 0.05) is 19.0 Å². The summed E-state index contributed by atoms with van der Waals surface area (Å²) in [6, 6.07) is 17.2. The van der Waals surface area contributed by atoms with Crippen LogP contribution in [0.4, 0.5) is 0 Å². The molecule has 4 aromatic rings. The quantitative estimate of drug-likeness (QED) is 0.456. The average molecular weight is 495 g/mol. The van der Waals surface area contributed by atoms with Gasteiger partial charge >= 0.3 is 0 Å². The number of hydrogen-bond donors (Lipinski definition) is 1. The van der Waals surface area contributed by atoms with E-state index in [-0.39, 0.29) is 23.9 Å². The van der Waals surface area contributed by atoms with E-state index in [0.717, 1.165) is 29.7 Å². The first-order valence-electron chi connectivity index (χ1n) is 12.5. The first-order valence-corrected chi connectivity index (χ1v) is 12.5. The van der Waals surface area contributed by atoms with Crippen LogP contribution >= 0.6 is 0 Å². The number of carbonyl (C=O) groups excluding carboxylic acids is 1. The number of carbonyl (C=O) groups is 1. The smallest absolute Gasteiger partial charge is 0.264 e. The maximum absolute atomic E-state index is 13.3. The number of benzene rings is 2. The van der Waals surface area contributed by atoms with Crippen LogP contribution in [0.3, 0.4) is 0 Å². The fourth-order valence-electron chi connectivity index (χ4n) is 5.01. The topological polar surface area (TPSA) is 117 Å². The number of hydrogen-bond acceptors (Lipinski definition) is 6. The zero-order valence-corrected chi connectivity index (χ0v) is 20.2. The second-order valence-corrected chi connectivity index (χ2v) is 10.0. The number of likely N-dealkylation sites (tertiary alicyclic amines) is 1.